The Morgan fingerprint density at radius 1 is 1.71 bits per heavy atom. The summed E-state index contributed by atoms with van der Waals surface area (Å²) < 4.78 is 10.8. The number of rotatable bonds is 6. The molecule has 0 aromatic heterocycles. The van der Waals surface area contributed by atoms with Gasteiger partial charge in [-0.05, 0) is 0 Å². The van der Waals surface area contributed by atoms with Crippen LogP contribution in [0, 0.1) is 0 Å². The van der Waals surface area contributed by atoms with Gasteiger partial charge in [0.25, 0.3) is 5.91 Å². The smallest absolute Gasteiger partial charge is 0.250 e. The molecule has 0 aliphatic carbocycles. The van der Waals surface area contributed by atoms with E-state index in [1.165, 1.54) is 12.7 Å². The third-order valence-corrected chi connectivity index (χ3v) is 2.08. The SMILES string of the molecule is C=CCC(=O)N(O)CNCP(C)(=O)O. The van der Waals surface area contributed by atoms with E-state index in [0.29, 0.717) is 5.06 Å². The summed E-state index contributed by atoms with van der Waals surface area (Å²) in [7, 11) is -3.15. The summed E-state index contributed by atoms with van der Waals surface area (Å²) in [5, 5.41) is 12.0. The fraction of sp³-hybridized carbons (Fsp3) is 0.571. The first-order valence-electron chi connectivity index (χ1n) is 3.97. The number of hydrogen-bond acceptors (Lipinski definition) is 4. The highest BCUT2D eigenvalue weighted by atomic mass is 31.2. The molecular weight excluding hydrogens is 207 g/mol. The van der Waals surface area contributed by atoms with Gasteiger partial charge in [-0.1, -0.05) is 6.08 Å². The minimum atomic E-state index is -3.15. The second-order valence-corrected chi connectivity index (χ2v) is 5.32. The molecule has 0 saturated heterocycles. The second-order valence-electron chi connectivity index (χ2n) is 2.90. The van der Waals surface area contributed by atoms with Crippen LogP contribution in [0.3, 0.4) is 0 Å². The molecule has 82 valence electrons. The lowest BCUT2D eigenvalue weighted by molar-refractivity contribution is -0.165. The van der Waals surface area contributed by atoms with Crippen LogP contribution in [0.2, 0.25) is 0 Å². The minimum Gasteiger partial charge on any atom is -0.344 e. The van der Waals surface area contributed by atoms with Crippen molar-refractivity contribution in [2.75, 3.05) is 19.6 Å². The molecular formula is C7H15N2O4P. The number of carbonyl (C=O) groups excluding carboxylic acids is 1. The highest BCUT2D eigenvalue weighted by Gasteiger charge is 2.11. The molecule has 1 atom stereocenters. The van der Waals surface area contributed by atoms with Gasteiger partial charge in [-0.25, -0.2) is 5.06 Å². The lowest BCUT2D eigenvalue weighted by atomic mass is 10.4. The topological polar surface area (TPSA) is 89.9 Å². The third-order valence-electron chi connectivity index (χ3n) is 1.27. The van der Waals surface area contributed by atoms with E-state index in [4.69, 9.17) is 10.1 Å². The van der Waals surface area contributed by atoms with Crippen molar-refractivity contribution in [1.82, 2.24) is 10.4 Å². The molecule has 0 rings (SSSR count). The van der Waals surface area contributed by atoms with Gasteiger partial charge in [0.1, 0.15) is 0 Å². The summed E-state index contributed by atoms with van der Waals surface area (Å²) in [6, 6.07) is 0. The lowest BCUT2D eigenvalue weighted by Gasteiger charge is -2.15. The molecule has 0 bridgehead atoms. The van der Waals surface area contributed by atoms with Crippen molar-refractivity contribution in [1.29, 1.82) is 0 Å². The second kappa shape index (κ2) is 5.93. The van der Waals surface area contributed by atoms with Gasteiger partial charge in [0.15, 0.2) is 0 Å². The first-order chi connectivity index (χ1) is 6.37. The molecule has 0 heterocycles. The highest BCUT2D eigenvalue weighted by Crippen LogP contribution is 2.32. The normalized spacial score (nSPS) is 14.5. The molecule has 1 unspecified atom stereocenters. The summed E-state index contributed by atoms with van der Waals surface area (Å²) >= 11 is 0. The van der Waals surface area contributed by atoms with E-state index in [1.54, 1.807) is 0 Å². The van der Waals surface area contributed by atoms with Gasteiger partial charge in [0, 0.05) is 13.1 Å². The van der Waals surface area contributed by atoms with Crippen molar-refractivity contribution in [2.24, 2.45) is 0 Å². The zero-order valence-electron chi connectivity index (χ0n) is 8.01. The first-order valence-corrected chi connectivity index (χ1v) is 6.26. The quantitative estimate of drug-likeness (QED) is 0.196. The van der Waals surface area contributed by atoms with Crippen LogP contribution in [0.15, 0.2) is 12.7 Å². The molecule has 0 fully saturated rings. The average Bonchev–Trinajstić information content (AvgIpc) is 2.02. The number of hydrogen-bond donors (Lipinski definition) is 3. The van der Waals surface area contributed by atoms with Gasteiger partial charge in [-0.15, -0.1) is 6.58 Å². The molecule has 3 N–H and O–H groups in total. The van der Waals surface area contributed by atoms with E-state index in [2.05, 4.69) is 11.9 Å². The van der Waals surface area contributed by atoms with Crippen LogP contribution in [-0.2, 0) is 9.36 Å². The predicted molar refractivity (Wildman–Crippen MR) is 52.1 cm³/mol. The molecule has 14 heavy (non-hydrogen) atoms. The maximum atomic E-state index is 10.9. The zero-order chi connectivity index (χ0) is 11.2. The molecule has 7 heteroatoms. The average molecular weight is 222 g/mol. The molecule has 6 nitrogen and oxygen atoms in total. The van der Waals surface area contributed by atoms with Crippen LogP contribution < -0.4 is 5.32 Å². The monoisotopic (exact) mass is 222 g/mol. The van der Waals surface area contributed by atoms with Crippen LogP contribution >= 0.6 is 7.37 Å². The van der Waals surface area contributed by atoms with E-state index >= 15 is 0 Å². The van der Waals surface area contributed by atoms with Gasteiger partial charge < -0.3 is 4.89 Å². The van der Waals surface area contributed by atoms with E-state index in [1.807, 2.05) is 0 Å². The number of nitrogens with zero attached hydrogens (tertiary/aromatic N) is 1. The largest absolute Gasteiger partial charge is 0.344 e. The van der Waals surface area contributed by atoms with Gasteiger partial charge >= 0.3 is 0 Å². The van der Waals surface area contributed by atoms with Crippen LogP contribution in [-0.4, -0.2) is 40.7 Å². The van der Waals surface area contributed by atoms with E-state index in [0.717, 1.165) is 0 Å². The van der Waals surface area contributed by atoms with Crippen molar-refractivity contribution in [3.05, 3.63) is 12.7 Å². The standard InChI is InChI=1S/C7H15N2O4P/c1-3-4-7(10)9(11)5-8-6-14(2,12)13/h3,8,11H,1,4-6H2,2H3,(H,12,13). The maximum absolute atomic E-state index is 10.9. The third kappa shape index (κ3) is 6.80. The molecule has 0 aromatic carbocycles. The Labute approximate surface area is 82.6 Å². The Kier molecular flexibility index (Phi) is 5.64. The Morgan fingerprint density at radius 3 is 2.71 bits per heavy atom. The molecule has 0 aromatic rings. The highest BCUT2D eigenvalue weighted by molar-refractivity contribution is 7.57. The summed E-state index contributed by atoms with van der Waals surface area (Å²) in [6.07, 6.45) is 1.24. The lowest BCUT2D eigenvalue weighted by Crippen LogP contribution is -2.36. The van der Waals surface area contributed by atoms with Crippen molar-refractivity contribution >= 4 is 13.3 Å². The Balaban J connectivity index is 3.74. The Hall–Kier alpha value is -0.680. The molecule has 0 saturated carbocycles. The Morgan fingerprint density at radius 2 is 2.29 bits per heavy atom. The van der Waals surface area contributed by atoms with E-state index in [9.17, 15) is 9.36 Å². The fourth-order valence-electron chi connectivity index (χ4n) is 0.680. The van der Waals surface area contributed by atoms with Crippen molar-refractivity contribution in [3.63, 3.8) is 0 Å². The van der Waals surface area contributed by atoms with Crippen LogP contribution in [0.5, 0.6) is 0 Å². The summed E-state index contributed by atoms with van der Waals surface area (Å²) in [6.45, 7) is 4.35. The zero-order valence-corrected chi connectivity index (χ0v) is 8.91. The molecule has 0 radical (unpaired) electrons. The summed E-state index contributed by atoms with van der Waals surface area (Å²) in [4.78, 5) is 19.8. The summed E-state index contributed by atoms with van der Waals surface area (Å²) in [5.74, 6) is -0.517. The number of nitrogens with one attached hydrogen (secondary N) is 1. The van der Waals surface area contributed by atoms with E-state index < -0.39 is 13.3 Å². The van der Waals surface area contributed by atoms with Crippen LogP contribution in [0.1, 0.15) is 6.42 Å². The number of carbonyl (C=O) groups is 1. The first kappa shape index (κ1) is 13.3. The van der Waals surface area contributed by atoms with Gasteiger partial charge in [0.2, 0.25) is 7.37 Å². The predicted octanol–water partition coefficient (Wildman–Crippen LogP) is 0.185. The number of amides is 1. The van der Waals surface area contributed by atoms with Crippen LogP contribution in [0.4, 0.5) is 0 Å². The molecule has 1 amide bonds. The van der Waals surface area contributed by atoms with Gasteiger partial charge in [-0.2, -0.15) is 0 Å². The molecule has 0 spiro atoms. The van der Waals surface area contributed by atoms with Crippen molar-refractivity contribution in [3.8, 4) is 0 Å². The fourth-order valence-corrected chi connectivity index (χ4v) is 1.20. The van der Waals surface area contributed by atoms with Crippen LogP contribution in [0.25, 0.3) is 0 Å². The maximum Gasteiger partial charge on any atom is 0.250 e. The van der Waals surface area contributed by atoms with E-state index in [-0.39, 0.29) is 19.4 Å². The molecule has 0 aliphatic heterocycles. The van der Waals surface area contributed by atoms with Gasteiger partial charge in [-0.3, -0.25) is 19.9 Å². The number of hydroxylamine groups is 2. The minimum absolute atomic E-state index is 0.0289. The summed E-state index contributed by atoms with van der Waals surface area (Å²) in [5.41, 5.74) is 0. The van der Waals surface area contributed by atoms with Gasteiger partial charge in [0.05, 0.1) is 13.0 Å². The van der Waals surface area contributed by atoms with Crippen molar-refractivity contribution < 1.29 is 19.5 Å². The molecule has 0 aliphatic rings. The Bertz CT molecular complexity index is 250. The van der Waals surface area contributed by atoms with Crippen molar-refractivity contribution in [2.45, 2.75) is 6.42 Å².